The summed E-state index contributed by atoms with van der Waals surface area (Å²) in [5, 5.41) is 5.12. The highest BCUT2D eigenvalue weighted by Crippen LogP contribution is 2.45. The fourth-order valence-electron chi connectivity index (χ4n) is 5.70. The van der Waals surface area contributed by atoms with Crippen molar-refractivity contribution in [2.24, 2.45) is 18.4 Å². The molecule has 10 heteroatoms. The zero-order chi connectivity index (χ0) is 23.4. The minimum absolute atomic E-state index is 0.178. The molecule has 5 rings (SSSR count). The van der Waals surface area contributed by atoms with Gasteiger partial charge in [-0.3, -0.25) is 9.58 Å². The molecule has 178 valence electrons. The molecule has 2 unspecified atom stereocenters. The first kappa shape index (κ1) is 22.6. The zero-order valence-corrected chi connectivity index (χ0v) is 20.0. The highest BCUT2D eigenvalue weighted by molar-refractivity contribution is 7.18. The molecule has 2 aliphatic rings. The van der Waals surface area contributed by atoms with E-state index in [1.807, 2.05) is 17.9 Å². The van der Waals surface area contributed by atoms with Gasteiger partial charge in [-0.2, -0.15) is 18.3 Å². The molecule has 0 aromatic carbocycles. The molecule has 0 bridgehead atoms. The van der Waals surface area contributed by atoms with E-state index in [4.69, 9.17) is 0 Å². The van der Waals surface area contributed by atoms with Crippen LogP contribution >= 0.6 is 11.3 Å². The first-order chi connectivity index (χ1) is 15.6. The van der Waals surface area contributed by atoms with Gasteiger partial charge in [0.25, 0.3) is 0 Å². The van der Waals surface area contributed by atoms with Gasteiger partial charge in [0, 0.05) is 54.8 Å². The zero-order valence-electron chi connectivity index (χ0n) is 19.1. The van der Waals surface area contributed by atoms with Gasteiger partial charge in [-0.05, 0) is 31.4 Å². The summed E-state index contributed by atoms with van der Waals surface area (Å²) in [7, 11) is 1.95. The van der Waals surface area contributed by atoms with E-state index in [1.54, 1.807) is 6.07 Å². The van der Waals surface area contributed by atoms with Crippen molar-refractivity contribution in [3.63, 3.8) is 0 Å². The number of rotatable bonds is 5. The number of halogens is 3. The Labute approximate surface area is 195 Å². The molecule has 0 N–H and O–H groups in total. The molecule has 5 heterocycles. The van der Waals surface area contributed by atoms with Gasteiger partial charge in [-0.15, -0.1) is 11.3 Å². The number of fused-ring (bicyclic) bond motifs is 1. The third kappa shape index (κ3) is 4.47. The van der Waals surface area contributed by atoms with E-state index in [-0.39, 0.29) is 10.3 Å². The molecule has 6 nitrogen and oxygen atoms in total. The predicted molar refractivity (Wildman–Crippen MR) is 123 cm³/mol. The van der Waals surface area contributed by atoms with Crippen LogP contribution in [-0.4, -0.2) is 57.0 Å². The molecule has 3 aromatic heterocycles. The van der Waals surface area contributed by atoms with Gasteiger partial charge in [0.05, 0.1) is 18.0 Å². The molecule has 33 heavy (non-hydrogen) atoms. The average Bonchev–Trinajstić information content (AvgIpc) is 3.49. The van der Waals surface area contributed by atoms with E-state index in [0.717, 1.165) is 61.6 Å². The van der Waals surface area contributed by atoms with Crippen molar-refractivity contribution in [1.82, 2.24) is 24.6 Å². The molecule has 3 aromatic rings. The lowest BCUT2D eigenvalue weighted by atomic mass is 9.86. The van der Waals surface area contributed by atoms with Crippen molar-refractivity contribution in [2.45, 2.75) is 45.3 Å². The first-order valence-corrected chi connectivity index (χ1v) is 12.2. The van der Waals surface area contributed by atoms with E-state index in [2.05, 4.69) is 44.9 Å². The van der Waals surface area contributed by atoms with Crippen LogP contribution in [0.2, 0.25) is 0 Å². The van der Waals surface area contributed by atoms with Crippen LogP contribution in [0.3, 0.4) is 0 Å². The van der Waals surface area contributed by atoms with Crippen LogP contribution in [0.25, 0.3) is 10.2 Å². The number of nitrogens with zero attached hydrogens (tertiary/aromatic N) is 6. The number of aryl methyl sites for hydroxylation is 1. The van der Waals surface area contributed by atoms with Gasteiger partial charge in [-0.25, -0.2) is 9.97 Å². The molecular weight excluding hydrogens is 449 g/mol. The van der Waals surface area contributed by atoms with E-state index in [9.17, 15) is 13.2 Å². The molecule has 0 aliphatic carbocycles. The summed E-state index contributed by atoms with van der Waals surface area (Å²) in [5.41, 5.74) is 1.43. The van der Waals surface area contributed by atoms with Crippen LogP contribution < -0.4 is 4.90 Å². The Kier molecular flexibility index (Phi) is 5.63. The highest BCUT2D eigenvalue weighted by atomic mass is 32.1. The molecule has 0 amide bonds. The molecule has 1 spiro atoms. The van der Waals surface area contributed by atoms with Gasteiger partial charge >= 0.3 is 6.18 Å². The second kappa shape index (κ2) is 8.23. The van der Waals surface area contributed by atoms with Gasteiger partial charge in [-0.1, -0.05) is 13.8 Å². The summed E-state index contributed by atoms with van der Waals surface area (Å²) >= 11 is 1.11. The highest BCUT2D eigenvalue weighted by Gasteiger charge is 2.46. The second-order valence-corrected chi connectivity index (χ2v) is 11.1. The quantitative estimate of drug-likeness (QED) is 0.526. The largest absolute Gasteiger partial charge is 0.393 e. The van der Waals surface area contributed by atoms with Crippen LogP contribution in [0, 0.1) is 11.3 Å². The number of anilines is 1. The lowest BCUT2D eigenvalue weighted by Crippen LogP contribution is -2.34. The summed E-state index contributed by atoms with van der Waals surface area (Å²) in [5.74, 6) is 1.24. The smallest absolute Gasteiger partial charge is 0.355 e. The summed E-state index contributed by atoms with van der Waals surface area (Å²) in [6, 6.07) is 1.96. The number of alkyl halides is 3. The van der Waals surface area contributed by atoms with Crippen LogP contribution in [0.4, 0.5) is 19.0 Å². The van der Waals surface area contributed by atoms with E-state index in [0.29, 0.717) is 16.8 Å². The minimum atomic E-state index is -4.22. The maximum absolute atomic E-state index is 12.9. The maximum atomic E-state index is 12.9. The Morgan fingerprint density at radius 1 is 1.15 bits per heavy atom. The monoisotopic (exact) mass is 478 g/mol. The Morgan fingerprint density at radius 3 is 2.64 bits per heavy atom. The van der Waals surface area contributed by atoms with Crippen molar-refractivity contribution in [2.75, 3.05) is 31.1 Å². The van der Waals surface area contributed by atoms with Crippen molar-refractivity contribution < 1.29 is 13.2 Å². The number of likely N-dealkylation sites (tertiary alicyclic amines) is 1. The van der Waals surface area contributed by atoms with Gasteiger partial charge in [0.2, 0.25) is 0 Å². The van der Waals surface area contributed by atoms with E-state index in [1.165, 1.54) is 11.9 Å². The van der Waals surface area contributed by atoms with Gasteiger partial charge < -0.3 is 4.90 Å². The maximum Gasteiger partial charge on any atom is 0.393 e. The average molecular weight is 479 g/mol. The molecule has 0 radical (unpaired) electrons. The Morgan fingerprint density at radius 2 is 1.94 bits per heavy atom. The summed E-state index contributed by atoms with van der Waals surface area (Å²) in [6.07, 6.45) is 2.61. The standard InChI is InChI=1S/C23H29F3N6S/c1-15(2)19(16-10-29-30(3)11-16)31-6-4-22(12-31)5-7-32(13-22)20-18-8-17(9-23(24,25)26)33-21(18)28-14-27-20/h8,10-11,14-15,19H,4-7,9,12-13H2,1-3H3. The molecule has 0 saturated carbocycles. The van der Waals surface area contributed by atoms with E-state index >= 15 is 0 Å². The SMILES string of the molecule is CC(C)C(c1cnn(C)c1)N1CCC2(CCN(c3ncnc4sc(CC(F)(F)F)cc34)C2)C1. The summed E-state index contributed by atoms with van der Waals surface area (Å²) < 4.78 is 40.6. The minimum Gasteiger partial charge on any atom is -0.355 e. The van der Waals surface area contributed by atoms with E-state index < -0.39 is 12.6 Å². The number of hydrogen-bond acceptors (Lipinski definition) is 6. The molecule has 2 saturated heterocycles. The Balaban J connectivity index is 1.35. The summed E-state index contributed by atoms with van der Waals surface area (Å²) in [4.78, 5) is 14.5. The van der Waals surface area contributed by atoms with Gasteiger partial charge in [0.15, 0.2) is 0 Å². The van der Waals surface area contributed by atoms with Crippen LogP contribution in [0.1, 0.15) is 43.2 Å². The number of aromatic nitrogens is 4. The number of thiophene rings is 1. The summed E-state index contributed by atoms with van der Waals surface area (Å²) in [6.45, 7) is 8.31. The molecular formula is C23H29F3N6S. The molecule has 2 aliphatic heterocycles. The predicted octanol–water partition coefficient (Wildman–Crippen LogP) is 4.83. The van der Waals surface area contributed by atoms with Crippen molar-refractivity contribution in [3.8, 4) is 0 Å². The topological polar surface area (TPSA) is 50.1 Å². The van der Waals surface area contributed by atoms with Gasteiger partial charge in [0.1, 0.15) is 17.0 Å². The van der Waals surface area contributed by atoms with Crippen molar-refractivity contribution in [1.29, 1.82) is 0 Å². The Hall–Kier alpha value is -2.20. The molecule has 2 fully saturated rings. The van der Waals surface area contributed by atoms with Crippen LogP contribution in [0.5, 0.6) is 0 Å². The first-order valence-electron chi connectivity index (χ1n) is 11.4. The van der Waals surface area contributed by atoms with Crippen LogP contribution in [0.15, 0.2) is 24.8 Å². The molecule has 2 atom stereocenters. The number of hydrogen-bond donors (Lipinski definition) is 0. The fraction of sp³-hybridized carbons (Fsp3) is 0.609. The van der Waals surface area contributed by atoms with Crippen LogP contribution in [-0.2, 0) is 13.5 Å². The van der Waals surface area contributed by atoms with Crippen molar-refractivity contribution >= 4 is 27.4 Å². The second-order valence-electron chi connectivity index (χ2n) is 9.95. The normalized spacial score (nSPS) is 22.9. The Bertz CT molecular complexity index is 1140. The lowest BCUT2D eigenvalue weighted by Gasteiger charge is -2.32. The van der Waals surface area contributed by atoms with Crippen molar-refractivity contribution in [3.05, 3.63) is 35.2 Å². The third-order valence-electron chi connectivity index (χ3n) is 7.03. The third-order valence-corrected chi connectivity index (χ3v) is 8.07. The lowest BCUT2D eigenvalue weighted by molar-refractivity contribution is -0.126. The fourth-order valence-corrected chi connectivity index (χ4v) is 6.72.